The Labute approximate surface area is 113 Å². The average Bonchev–Trinajstić information content (AvgIpc) is 2.33. The maximum Gasteiger partial charge on any atom is 0.326 e. The lowest BCUT2D eigenvalue weighted by molar-refractivity contribution is -0.139. The number of thioether (sulfide) groups is 1. The largest absolute Gasteiger partial charge is 0.480 e. The normalized spacial score (nSPS) is 13.8. The summed E-state index contributed by atoms with van der Waals surface area (Å²) in [6.07, 6.45) is 3.35. The molecule has 0 aliphatic carbocycles. The minimum absolute atomic E-state index is 0.316. The first-order valence-corrected chi connectivity index (χ1v) is 7.55. The van der Waals surface area contributed by atoms with Gasteiger partial charge in [0, 0.05) is 13.6 Å². The minimum Gasteiger partial charge on any atom is -0.480 e. The Kier molecular flexibility index (Phi) is 8.62. The fourth-order valence-corrected chi connectivity index (χ4v) is 1.90. The van der Waals surface area contributed by atoms with Crippen LogP contribution in [0.25, 0.3) is 0 Å². The van der Waals surface area contributed by atoms with Crippen molar-refractivity contribution in [2.45, 2.75) is 32.7 Å². The molecule has 1 unspecified atom stereocenters. The van der Waals surface area contributed by atoms with Crippen LogP contribution in [0.2, 0.25) is 0 Å². The topological polar surface area (TPSA) is 69.6 Å². The van der Waals surface area contributed by atoms with Gasteiger partial charge in [-0.25, -0.2) is 9.59 Å². The van der Waals surface area contributed by atoms with Crippen molar-refractivity contribution >= 4 is 23.8 Å². The fraction of sp³-hybridized carbons (Fsp3) is 0.833. The lowest BCUT2D eigenvalue weighted by Gasteiger charge is -2.23. The summed E-state index contributed by atoms with van der Waals surface area (Å²) in [6.45, 7) is 4.76. The molecular weight excluding hydrogens is 252 g/mol. The maximum atomic E-state index is 11.8. The van der Waals surface area contributed by atoms with Gasteiger partial charge in [-0.1, -0.05) is 20.3 Å². The molecule has 2 amide bonds. The Balaban J connectivity index is 4.27. The van der Waals surface area contributed by atoms with Crippen LogP contribution in [0, 0.1) is 5.92 Å². The molecule has 0 aromatic heterocycles. The van der Waals surface area contributed by atoms with E-state index in [0.717, 1.165) is 6.42 Å². The van der Waals surface area contributed by atoms with Gasteiger partial charge in [0.25, 0.3) is 0 Å². The first-order chi connectivity index (χ1) is 8.42. The zero-order valence-corrected chi connectivity index (χ0v) is 12.4. The number of hydrogen-bond acceptors (Lipinski definition) is 3. The molecule has 0 bridgehead atoms. The van der Waals surface area contributed by atoms with Crippen molar-refractivity contribution in [3.63, 3.8) is 0 Å². The molecule has 2 N–H and O–H groups in total. The highest BCUT2D eigenvalue weighted by Crippen LogP contribution is 2.05. The van der Waals surface area contributed by atoms with Crippen molar-refractivity contribution in [3.05, 3.63) is 0 Å². The third-order valence-electron chi connectivity index (χ3n) is 2.84. The van der Waals surface area contributed by atoms with E-state index >= 15 is 0 Å². The van der Waals surface area contributed by atoms with E-state index < -0.39 is 12.0 Å². The standard InChI is InChI=1S/C12H24N2O3S/c1-5-9(2)8-14(3)12(17)13-10(11(15)16)6-7-18-4/h9-10H,5-8H2,1-4H3,(H,13,17)(H,15,16)/t9?,10-/m0/s1. The Morgan fingerprint density at radius 1 is 1.44 bits per heavy atom. The SMILES string of the molecule is CCC(C)CN(C)C(=O)N[C@@H](CCSC)C(=O)O. The highest BCUT2D eigenvalue weighted by molar-refractivity contribution is 7.98. The molecular formula is C12H24N2O3S. The van der Waals surface area contributed by atoms with Crippen LogP contribution in [0.15, 0.2) is 0 Å². The molecule has 5 nitrogen and oxygen atoms in total. The monoisotopic (exact) mass is 276 g/mol. The third kappa shape index (κ3) is 6.74. The Hall–Kier alpha value is -0.910. The molecule has 18 heavy (non-hydrogen) atoms. The molecule has 0 heterocycles. The number of aliphatic carboxylic acids is 1. The number of carboxylic acid groups (broad SMARTS) is 1. The summed E-state index contributed by atoms with van der Waals surface area (Å²) in [5.41, 5.74) is 0. The maximum absolute atomic E-state index is 11.8. The predicted molar refractivity (Wildman–Crippen MR) is 75.0 cm³/mol. The van der Waals surface area contributed by atoms with Gasteiger partial charge in [0.1, 0.15) is 6.04 Å². The van der Waals surface area contributed by atoms with E-state index in [0.29, 0.717) is 24.6 Å². The van der Waals surface area contributed by atoms with Crippen LogP contribution >= 0.6 is 11.8 Å². The van der Waals surface area contributed by atoms with Crippen molar-refractivity contribution in [3.8, 4) is 0 Å². The number of nitrogens with zero attached hydrogens (tertiary/aromatic N) is 1. The smallest absolute Gasteiger partial charge is 0.326 e. The van der Waals surface area contributed by atoms with E-state index in [2.05, 4.69) is 19.2 Å². The van der Waals surface area contributed by atoms with Crippen molar-refractivity contribution in [2.75, 3.05) is 25.6 Å². The van der Waals surface area contributed by atoms with E-state index in [1.807, 2.05) is 6.26 Å². The lowest BCUT2D eigenvalue weighted by Crippen LogP contribution is -2.47. The molecule has 0 saturated heterocycles. The number of rotatable bonds is 8. The molecule has 0 radical (unpaired) electrons. The van der Waals surface area contributed by atoms with Crippen LogP contribution in [0.4, 0.5) is 4.79 Å². The van der Waals surface area contributed by atoms with Crippen molar-refractivity contribution in [1.82, 2.24) is 10.2 Å². The second-order valence-corrected chi connectivity index (χ2v) is 5.50. The van der Waals surface area contributed by atoms with Gasteiger partial charge in [0.05, 0.1) is 0 Å². The van der Waals surface area contributed by atoms with Crippen LogP contribution in [0.5, 0.6) is 0 Å². The summed E-state index contributed by atoms with van der Waals surface area (Å²) in [7, 11) is 1.69. The second kappa shape index (κ2) is 9.08. The number of carbonyl (C=O) groups is 2. The summed E-state index contributed by atoms with van der Waals surface area (Å²) in [6, 6.07) is -1.12. The Morgan fingerprint density at radius 3 is 2.50 bits per heavy atom. The van der Waals surface area contributed by atoms with Crippen molar-refractivity contribution in [2.24, 2.45) is 5.92 Å². The molecule has 0 fully saturated rings. The van der Waals surface area contributed by atoms with E-state index in [-0.39, 0.29) is 6.03 Å². The summed E-state index contributed by atoms with van der Waals surface area (Å²) < 4.78 is 0. The number of hydrogen-bond donors (Lipinski definition) is 2. The van der Waals surface area contributed by atoms with Gasteiger partial charge in [-0.15, -0.1) is 0 Å². The van der Waals surface area contributed by atoms with Crippen LogP contribution < -0.4 is 5.32 Å². The average molecular weight is 276 g/mol. The number of amides is 2. The van der Waals surface area contributed by atoms with Crippen molar-refractivity contribution in [1.29, 1.82) is 0 Å². The molecule has 0 aromatic rings. The van der Waals surface area contributed by atoms with E-state index in [1.165, 1.54) is 0 Å². The molecule has 2 atom stereocenters. The third-order valence-corrected chi connectivity index (χ3v) is 3.48. The molecule has 0 aliphatic heterocycles. The van der Waals surface area contributed by atoms with Gasteiger partial charge in [0.2, 0.25) is 0 Å². The zero-order valence-electron chi connectivity index (χ0n) is 11.6. The highest BCUT2D eigenvalue weighted by atomic mass is 32.2. The van der Waals surface area contributed by atoms with Gasteiger partial charge in [-0.05, 0) is 24.3 Å². The number of nitrogens with one attached hydrogen (secondary N) is 1. The van der Waals surface area contributed by atoms with Crippen molar-refractivity contribution < 1.29 is 14.7 Å². The minimum atomic E-state index is -0.977. The van der Waals surface area contributed by atoms with Gasteiger partial charge < -0.3 is 15.3 Å². The van der Waals surface area contributed by atoms with Gasteiger partial charge in [-0.2, -0.15) is 11.8 Å². The summed E-state index contributed by atoms with van der Waals surface area (Å²) >= 11 is 1.57. The first-order valence-electron chi connectivity index (χ1n) is 6.15. The fourth-order valence-electron chi connectivity index (χ4n) is 1.43. The van der Waals surface area contributed by atoms with Crippen LogP contribution in [0.3, 0.4) is 0 Å². The lowest BCUT2D eigenvalue weighted by atomic mass is 10.1. The molecule has 0 rings (SSSR count). The summed E-state index contributed by atoms with van der Waals surface area (Å²) in [4.78, 5) is 24.4. The molecule has 0 aromatic carbocycles. The number of carbonyl (C=O) groups excluding carboxylic acids is 1. The predicted octanol–water partition coefficient (Wildman–Crippen LogP) is 1.88. The van der Waals surface area contributed by atoms with Gasteiger partial charge in [-0.3, -0.25) is 0 Å². The van der Waals surface area contributed by atoms with Crippen LogP contribution in [-0.4, -0.2) is 53.6 Å². The number of carboxylic acids is 1. The molecule has 6 heteroatoms. The van der Waals surface area contributed by atoms with E-state index in [1.54, 1.807) is 23.7 Å². The summed E-state index contributed by atoms with van der Waals surface area (Å²) in [5.74, 6) is 0.149. The molecule has 0 spiro atoms. The van der Waals surface area contributed by atoms with Crippen LogP contribution in [0.1, 0.15) is 26.7 Å². The Bertz CT molecular complexity index is 274. The quantitative estimate of drug-likeness (QED) is 0.710. The summed E-state index contributed by atoms with van der Waals surface area (Å²) in [5, 5.41) is 11.6. The molecule has 0 saturated carbocycles. The molecule has 0 aliphatic rings. The number of urea groups is 1. The van der Waals surface area contributed by atoms with E-state index in [9.17, 15) is 9.59 Å². The Morgan fingerprint density at radius 2 is 2.06 bits per heavy atom. The molecule has 106 valence electrons. The zero-order chi connectivity index (χ0) is 14.1. The van der Waals surface area contributed by atoms with Gasteiger partial charge in [0.15, 0.2) is 0 Å². The first kappa shape index (κ1) is 17.1. The van der Waals surface area contributed by atoms with Gasteiger partial charge >= 0.3 is 12.0 Å². The highest BCUT2D eigenvalue weighted by Gasteiger charge is 2.21. The van der Waals surface area contributed by atoms with E-state index in [4.69, 9.17) is 5.11 Å². The second-order valence-electron chi connectivity index (χ2n) is 4.52. The van der Waals surface area contributed by atoms with Crippen LogP contribution in [-0.2, 0) is 4.79 Å².